The van der Waals surface area contributed by atoms with Gasteiger partial charge in [0.1, 0.15) is 19.0 Å². The lowest BCUT2D eigenvalue weighted by atomic mass is 10.1. The van der Waals surface area contributed by atoms with Crippen LogP contribution in [0.5, 0.6) is 5.75 Å². The third-order valence-electron chi connectivity index (χ3n) is 6.09. The van der Waals surface area contributed by atoms with Gasteiger partial charge < -0.3 is 39.1 Å². The number of hydrogen-bond acceptors (Lipinski definition) is 9. The third-order valence-corrected chi connectivity index (χ3v) is 6.09. The van der Waals surface area contributed by atoms with E-state index in [4.69, 9.17) is 34.0 Å². The normalized spacial score (nSPS) is 12.2. The van der Waals surface area contributed by atoms with Crippen molar-refractivity contribution in [3.63, 3.8) is 0 Å². The van der Waals surface area contributed by atoms with Crippen molar-refractivity contribution in [3.05, 3.63) is 40.3 Å². The molecule has 1 atom stereocenters. The van der Waals surface area contributed by atoms with Gasteiger partial charge in [-0.1, -0.05) is 63.6 Å². The molecule has 0 radical (unpaired) electrons. The molecule has 13 heteroatoms. The number of azide groups is 1. The van der Waals surface area contributed by atoms with Crippen molar-refractivity contribution < 1.29 is 38.0 Å². The molecule has 258 valence electrons. The Balaban J connectivity index is 2.25. The zero-order chi connectivity index (χ0) is 33.9. The van der Waals surface area contributed by atoms with E-state index in [1.54, 1.807) is 31.2 Å². The molecule has 1 rings (SSSR count). The molecule has 0 saturated carbocycles. The van der Waals surface area contributed by atoms with E-state index < -0.39 is 5.72 Å². The Morgan fingerprint density at radius 2 is 1.63 bits per heavy atom. The molecule has 0 heterocycles. The van der Waals surface area contributed by atoms with Crippen LogP contribution in [0.2, 0.25) is 0 Å². The Bertz CT molecular complexity index is 1100. The fourth-order valence-electron chi connectivity index (χ4n) is 3.71. The summed E-state index contributed by atoms with van der Waals surface area (Å²) in [6.07, 6.45) is 3.49. The minimum Gasteiger partial charge on any atom is -0.490 e. The van der Waals surface area contributed by atoms with Gasteiger partial charge in [-0.2, -0.15) is 0 Å². The van der Waals surface area contributed by atoms with Gasteiger partial charge in [0, 0.05) is 29.5 Å². The zero-order valence-corrected chi connectivity index (χ0v) is 28.2. The summed E-state index contributed by atoms with van der Waals surface area (Å²) in [5.41, 5.74) is 8.07. The SMILES string of the molecule is CC(C)C#CCNC(=O)COCCOC(C)(COc1cccc(C(=O)NCCOCCOCCOCCCCC(C)C)c1)N=[N+]=[N-]. The van der Waals surface area contributed by atoms with Crippen molar-refractivity contribution in [1.82, 2.24) is 10.6 Å². The van der Waals surface area contributed by atoms with E-state index in [-0.39, 0.29) is 50.7 Å². The molecule has 13 nitrogen and oxygen atoms in total. The standard InChI is InChI=1S/C33H53N5O8/c1-27(2)10-6-7-16-41-18-20-43-21-19-42-17-15-36-32(40)29-12-8-13-30(24-29)45-26-33(5,37-38-34)46-23-22-44-25-31(39)35-14-9-11-28(3)4/h8,12-13,24,27-28H,6-7,10,14-23,25-26H2,1-5H3,(H,35,39)(H,36,40). The van der Waals surface area contributed by atoms with Crippen molar-refractivity contribution in [2.45, 2.75) is 59.6 Å². The van der Waals surface area contributed by atoms with Gasteiger partial charge in [-0.05, 0) is 43.0 Å². The van der Waals surface area contributed by atoms with Gasteiger partial charge in [-0.3, -0.25) is 9.59 Å². The average Bonchev–Trinajstić information content (AvgIpc) is 3.02. The monoisotopic (exact) mass is 647 g/mol. The summed E-state index contributed by atoms with van der Waals surface area (Å²) in [6, 6.07) is 6.62. The van der Waals surface area contributed by atoms with Gasteiger partial charge in [-0.15, -0.1) is 0 Å². The highest BCUT2D eigenvalue weighted by Crippen LogP contribution is 2.19. The number of nitrogens with zero attached hydrogens (tertiary/aromatic N) is 3. The summed E-state index contributed by atoms with van der Waals surface area (Å²) in [6.45, 7) is 13.5. The number of hydrogen-bond donors (Lipinski definition) is 2. The zero-order valence-electron chi connectivity index (χ0n) is 28.2. The lowest BCUT2D eigenvalue weighted by Crippen LogP contribution is -2.35. The van der Waals surface area contributed by atoms with Gasteiger partial charge in [0.2, 0.25) is 5.91 Å². The molecule has 0 fully saturated rings. The number of benzene rings is 1. The fraction of sp³-hybridized carbons (Fsp3) is 0.697. The summed E-state index contributed by atoms with van der Waals surface area (Å²) < 4.78 is 33.4. The molecule has 46 heavy (non-hydrogen) atoms. The Hall–Kier alpha value is -3.37. The second-order valence-corrected chi connectivity index (χ2v) is 11.3. The average molecular weight is 648 g/mol. The molecule has 2 amide bonds. The largest absolute Gasteiger partial charge is 0.490 e. The van der Waals surface area contributed by atoms with E-state index in [9.17, 15) is 9.59 Å². The van der Waals surface area contributed by atoms with Crippen LogP contribution in [0.4, 0.5) is 0 Å². The Morgan fingerprint density at radius 1 is 0.935 bits per heavy atom. The first-order chi connectivity index (χ1) is 22.1. The number of nitrogens with one attached hydrogen (secondary N) is 2. The number of carbonyl (C=O) groups excluding carboxylic acids is 2. The first-order valence-electron chi connectivity index (χ1n) is 15.9. The van der Waals surface area contributed by atoms with E-state index >= 15 is 0 Å². The van der Waals surface area contributed by atoms with E-state index in [0.717, 1.165) is 18.9 Å². The molecule has 2 N–H and O–H groups in total. The molecule has 0 spiro atoms. The third kappa shape index (κ3) is 22.2. The van der Waals surface area contributed by atoms with Crippen LogP contribution in [-0.4, -0.2) is 96.7 Å². The molecule has 1 aromatic carbocycles. The molecule has 0 aliphatic rings. The molecular formula is C33H53N5O8. The van der Waals surface area contributed by atoms with Crippen molar-refractivity contribution in [1.29, 1.82) is 0 Å². The van der Waals surface area contributed by atoms with Crippen LogP contribution in [-0.2, 0) is 28.5 Å². The van der Waals surface area contributed by atoms with Crippen molar-refractivity contribution >= 4 is 11.8 Å². The maximum atomic E-state index is 12.6. The van der Waals surface area contributed by atoms with Crippen LogP contribution in [0, 0.1) is 23.7 Å². The first-order valence-corrected chi connectivity index (χ1v) is 15.9. The number of carbonyl (C=O) groups is 2. The highest BCUT2D eigenvalue weighted by molar-refractivity contribution is 5.94. The predicted octanol–water partition coefficient (Wildman–Crippen LogP) is 4.51. The Labute approximate surface area is 274 Å². The number of amides is 2. The molecular weight excluding hydrogens is 594 g/mol. The molecule has 0 aliphatic carbocycles. The highest BCUT2D eigenvalue weighted by atomic mass is 16.6. The second-order valence-electron chi connectivity index (χ2n) is 11.3. The van der Waals surface area contributed by atoms with Gasteiger partial charge in [-0.25, -0.2) is 0 Å². The maximum Gasteiger partial charge on any atom is 0.251 e. The van der Waals surface area contributed by atoms with Crippen LogP contribution in [0.3, 0.4) is 0 Å². The number of ether oxygens (including phenoxy) is 6. The smallest absolute Gasteiger partial charge is 0.251 e. The van der Waals surface area contributed by atoms with Gasteiger partial charge in [0.25, 0.3) is 5.91 Å². The summed E-state index contributed by atoms with van der Waals surface area (Å²) in [5, 5.41) is 9.15. The van der Waals surface area contributed by atoms with Crippen LogP contribution < -0.4 is 15.4 Å². The summed E-state index contributed by atoms with van der Waals surface area (Å²) >= 11 is 0. The molecule has 0 aliphatic heterocycles. The quantitative estimate of drug-likeness (QED) is 0.0488. The number of unbranched alkanes of at least 4 members (excludes halogenated alkanes) is 1. The Morgan fingerprint density at radius 3 is 2.33 bits per heavy atom. The summed E-state index contributed by atoms with van der Waals surface area (Å²) in [5.74, 6) is 6.62. The molecule has 1 unspecified atom stereocenters. The van der Waals surface area contributed by atoms with E-state index in [0.29, 0.717) is 50.9 Å². The van der Waals surface area contributed by atoms with Gasteiger partial charge >= 0.3 is 0 Å². The van der Waals surface area contributed by atoms with Crippen LogP contribution in [0.1, 0.15) is 64.2 Å². The van der Waals surface area contributed by atoms with E-state index in [1.165, 1.54) is 12.8 Å². The molecule has 0 aromatic heterocycles. The minimum atomic E-state index is -1.34. The van der Waals surface area contributed by atoms with Crippen molar-refractivity contribution in [2.75, 3.05) is 79.2 Å². The maximum absolute atomic E-state index is 12.6. The topological polar surface area (TPSA) is 162 Å². The fourth-order valence-corrected chi connectivity index (χ4v) is 3.71. The highest BCUT2D eigenvalue weighted by Gasteiger charge is 2.25. The predicted molar refractivity (Wildman–Crippen MR) is 175 cm³/mol. The van der Waals surface area contributed by atoms with E-state index in [1.807, 2.05) is 13.8 Å². The molecule has 1 aromatic rings. The van der Waals surface area contributed by atoms with Crippen LogP contribution in [0.15, 0.2) is 29.4 Å². The number of rotatable bonds is 26. The molecule has 0 bridgehead atoms. The second kappa shape index (κ2) is 25.8. The van der Waals surface area contributed by atoms with E-state index in [2.05, 4.69) is 46.3 Å². The lowest BCUT2D eigenvalue weighted by molar-refractivity contribution is -0.127. The van der Waals surface area contributed by atoms with Crippen molar-refractivity contribution in [3.8, 4) is 17.6 Å². The van der Waals surface area contributed by atoms with Crippen LogP contribution >= 0.6 is 0 Å². The van der Waals surface area contributed by atoms with Gasteiger partial charge in [0.15, 0.2) is 5.72 Å². The Kier molecular flexibility index (Phi) is 22.8. The summed E-state index contributed by atoms with van der Waals surface area (Å²) in [4.78, 5) is 27.2. The van der Waals surface area contributed by atoms with Gasteiger partial charge in [0.05, 0.1) is 52.8 Å². The van der Waals surface area contributed by atoms with Crippen molar-refractivity contribution in [2.24, 2.45) is 17.0 Å². The van der Waals surface area contributed by atoms with Crippen LogP contribution in [0.25, 0.3) is 10.4 Å². The minimum absolute atomic E-state index is 0.0586. The first kappa shape index (κ1) is 40.7. The summed E-state index contributed by atoms with van der Waals surface area (Å²) in [7, 11) is 0. The molecule has 0 saturated heterocycles. The lowest BCUT2D eigenvalue weighted by Gasteiger charge is -2.24.